The van der Waals surface area contributed by atoms with E-state index in [2.05, 4.69) is 10.3 Å². The van der Waals surface area contributed by atoms with Gasteiger partial charge in [-0.05, 0) is 12.5 Å². The minimum absolute atomic E-state index is 0.0330. The number of aromatic carboxylic acids is 1. The molecule has 0 spiro atoms. The molecule has 0 saturated heterocycles. The summed E-state index contributed by atoms with van der Waals surface area (Å²) >= 11 is 0. The van der Waals surface area contributed by atoms with Crippen molar-refractivity contribution in [1.29, 1.82) is 0 Å². The summed E-state index contributed by atoms with van der Waals surface area (Å²) in [7, 11) is -3.01. The maximum atomic E-state index is 10.9. The zero-order chi connectivity index (χ0) is 13.8. The maximum absolute atomic E-state index is 10.9. The van der Waals surface area contributed by atoms with Crippen LogP contribution in [0.25, 0.3) is 0 Å². The van der Waals surface area contributed by atoms with Crippen LogP contribution < -0.4 is 11.1 Å². The number of sulfone groups is 1. The fraction of sp³-hybridized carbons (Fsp3) is 0.400. The van der Waals surface area contributed by atoms with Crippen molar-refractivity contribution in [2.45, 2.75) is 6.42 Å². The summed E-state index contributed by atoms with van der Waals surface area (Å²) in [5.74, 6) is -0.914. The summed E-state index contributed by atoms with van der Waals surface area (Å²) in [6.45, 7) is 0.324. The molecule has 0 unspecified atom stereocenters. The second-order valence-corrected chi connectivity index (χ2v) is 6.14. The molecule has 0 radical (unpaired) electrons. The third-order valence-corrected chi connectivity index (χ3v) is 3.15. The third-order valence-electron chi connectivity index (χ3n) is 2.12. The zero-order valence-electron chi connectivity index (χ0n) is 9.88. The highest BCUT2D eigenvalue weighted by Gasteiger charge is 2.11. The van der Waals surface area contributed by atoms with Crippen LogP contribution in [0.2, 0.25) is 0 Å². The van der Waals surface area contributed by atoms with E-state index in [4.69, 9.17) is 10.8 Å². The number of pyridine rings is 1. The Labute approximate surface area is 105 Å². The monoisotopic (exact) mass is 273 g/mol. The van der Waals surface area contributed by atoms with Gasteiger partial charge in [-0.3, -0.25) is 0 Å². The molecule has 1 aromatic rings. The lowest BCUT2D eigenvalue weighted by Gasteiger charge is -2.08. The minimum atomic E-state index is -3.01. The van der Waals surface area contributed by atoms with Gasteiger partial charge >= 0.3 is 5.97 Å². The van der Waals surface area contributed by atoms with Crippen molar-refractivity contribution in [3.05, 3.63) is 17.8 Å². The number of anilines is 2. The van der Waals surface area contributed by atoms with Crippen LogP contribution >= 0.6 is 0 Å². The Hall–Kier alpha value is -1.83. The summed E-state index contributed by atoms with van der Waals surface area (Å²) in [5.41, 5.74) is 5.67. The van der Waals surface area contributed by atoms with Gasteiger partial charge in [0.15, 0.2) is 0 Å². The highest BCUT2D eigenvalue weighted by atomic mass is 32.2. The molecule has 0 aliphatic rings. The van der Waals surface area contributed by atoms with Crippen molar-refractivity contribution >= 4 is 27.3 Å². The van der Waals surface area contributed by atoms with Crippen molar-refractivity contribution in [2.75, 3.05) is 29.6 Å². The summed E-state index contributed by atoms with van der Waals surface area (Å²) in [6.07, 6.45) is 2.87. The lowest BCUT2D eigenvalue weighted by Crippen LogP contribution is -2.13. The van der Waals surface area contributed by atoms with E-state index in [1.54, 1.807) is 0 Å². The van der Waals surface area contributed by atoms with Gasteiger partial charge in [-0.1, -0.05) is 0 Å². The standard InChI is InChI=1S/C10H15N3O4S/c1-18(16,17)4-2-3-12-9-8(10(14)15)5-7(11)6-13-9/h5-6H,2-4,11H2,1H3,(H,12,13)(H,14,15). The first-order chi connectivity index (χ1) is 8.29. The Morgan fingerprint density at radius 1 is 1.56 bits per heavy atom. The second-order valence-electron chi connectivity index (χ2n) is 3.88. The summed E-state index contributed by atoms with van der Waals surface area (Å²) in [5, 5.41) is 11.7. The first-order valence-electron chi connectivity index (χ1n) is 5.20. The van der Waals surface area contributed by atoms with E-state index in [-0.39, 0.29) is 22.8 Å². The van der Waals surface area contributed by atoms with Crippen molar-refractivity contribution in [2.24, 2.45) is 0 Å². The molecule has 4 N–H and O–H groups in total. The van der Waals surface area contributed by atoms with E-state index >= 15 is 0 Å². The molecule has 0 amide bonds. The molecule has 100 valence electrons. The largest absolute Gasteiger partial charge is 0.478 e. The van der Waals surface area contributed by atoms with Gasteiger partial charge in [0.2, 0.25) is 0 Å². The van der Waals surface area contributed by atoms with E-state index in [1.807, 2.05) is 0 Å². The normalized spacial score (nSPS) is 11.2. The molecule has 18 heavy (non-hydrogen) atoms. The number of nitrogen functional groups attached to an aromatic ring is 1. The second kappa shape index (κ2) is 5.67. The van der Waals surface area contributed by atoms with Crippen LogP contribution in [0.3, 0.4) is 0 Å². The number of carboxylic acid groups (broad SMARTS) is 1. The van der Waals surface area contributed by atoms with Gasteiger partial charge in [-0.25, -0.2) is 18.2 Å². The molecule has 0 bridgehead atoms. The molecule has 1 rings (SSSR count). The molecular weight excluding hydrogens is 258 g/mol. The average Bonchev–Trinajstić information content (AvgIpc) is 2.24. The SMILES string of the molecule is CS(=O)(=O)CCCNc1ncc(N)cc1C(=O)O. The molecule has 0 fully saturated rings. The third kappa shape index (κ3) is 4.58. The topological polar surface area (TPSA) is 122 Å². The van der Waals surface area contributed by atoms with Crippen LogP contribution in [-0.4, -0.2) is 43.0 Å². The van der Waals surface area contributed by atoms with E-state index in [0.717, 1.165) is 6.26 Å². The highest BCUT2D eigenvalue weighted by Crippen LogP contribution is 2.15. The average molecular weight is 273 g/mol. The van der Waals surface area contributed by atoms with E-state index in [9.17, 15) is 13.2 Å². The quantitative estimate of drug-likeness (QED) is 0.633. The number of nitrogens with two attached hydrogens (primary N) is 1. The van der Waals surface area contributed by atoms with Crippen LogP contribution in [0.15, 0.2) is 12.3 Å². The Bertz CT molecular complexity index is 542. The predicted octanol–water partition coefficient (Wildman–Crippen LogP) is 0.209. The molecule has 1 aromatic heterocycles. The number of nitrogens with one attached hydrogen (secondary N) is 1. The van der Waals surface area contributed by atoms with Crippen LogP contribution in [0.1, 0.15) is 16.8 Å². The van der Waals surface area contributed by atoms with Gasteiger partial charge in [-0.15, -0.1) is 0 Å². The molecular formula is C10H15N3O4S. The van der Waals surface area contributed by atoms with Crippen LogP contribution in [-0.2, 0) is 9.84 Å². The van der Waals surface area contributed by atoms with E-state index in [1.165, 1.54) is 12.3 Å². The Balaban J connectivity index is 2.65. The van der Waals surface area contributed by atoms with Crippen molar-refractivity contribution in [1.82, 2.24) is 4.98 Å². The Morgan fingerprint density at radius 2 is 2.22 bits per heavy atom. The first kappa shape index (κ1) is 14.2. The molecule has 0 aliphatic carbocycles. The van der Waals surface area contributed by atoms with Gasteiger partial charge in [0.25, 0.3) is 0 Å². The van der Waals surface area contributed by atoms with Gasteiger partial charge in [0, 0.05) is 12.8 Å². The Morgan fingerprint density at radius 3 is 2.78 bits per heavy atom. The van der Waals surface area contributed by atoms with Gasteiger partial charge in [-0.2, -0.15) is 0 Å². The summed E-state index contributed by atoms with van der Waals surface area (Å²) < 4.78 is 21.8. The number of carboxylic acids is 1. The molecule has 8 heteroatoms. The molecule has 0 aromatic carbocycles. The van der Waals surface area contributed by atoms with Crippen molar-refractivity contribution in [3.63, 3.8) is 0 Å². The molecule has 0 atom stereocenters. The Kier molecular flexibility index (Phi) is 4.49. The number of rotatable bonds is 6. The minimum Gasteiger partial charge on any atom is -0.478 e. The lowest BCUT2D eigenvalue weighted by atomic mass is 10.2. The summed E-state index contributed by atoms with van der Waals surface area (Å²) in [6, 6.07) is 1.30. The first-order valence-corrected chi connectivity index (χ1v) is 7.26. The van der Waals surface area contributed by atoms with Crippen molar-refractivity contribution in [3.8, 4) is 0 Å². The molecule has 0 saturated carbocycles. The highest BCUT2D eigenvalue weighted by molar-refractivity contribution is 7.90. The van der Waals surface area contributed by atoms with Crippen molar-refractivity contribution < 1.29 is 18.3 Å². The predicted molar refractivity (Wildman–Crippen MR) is 68.4 cm³/mol. The van der Waals surface area contributed by atoms with Gasteiger partial charge < -0.3 is 16.2 Å². The zero-order valence-corrected chi connectivity index (χ0v) is 10.7. The fourth-order valence-corrected chi connectivity index (χ4v) is 1.99. The maximum Gasteiger partial charge on any atom is 0.339 e. The fourth-order valence-electron chi connectivity index (χ4n) is 1.33. The molecule has 7 nitrogen and oxygen atoms in total. The van der Waals surface area contributed by atoms with Crippen LogP contribution in [0.4, 0.5) is 11.5 Å². The van der Waals surface area contributed by atoms with Crippen LogP contribution in [0.5, 0.6) is 0 Å². The number of hydrogen-bond donors (Lipinski definition) is 3. The van der Waals surface area contributed by atoms with E-state index < -0.39 is 15.8 Å². The number of carbonyl (C=O) groups is 1. The van der Waals surface area contributed by atoms with E-state index in [0.29, 0.717) is 13.0 Å². The number of aromatic nitrogens is 1. The molecule has 0 aliphatic heterocycles. The lowest BCUT2D eigenvalue weighted by molar-refractivity contribution is 0.0697. The number of nitrogens with zero attached hydrogens (tertiary/aromatic N) is 1. The molecule has 1 heterocycles. The van der Waals surface area contributed by atoms with Crippen LogP contribution in [0, 0.1) is 0 Å². The van der Waals surface area contributed by atoms with Gasteiger partial charge in [0.1, 0.15) is 21.2 Å². The summed E-state index contributed by atoms with van der Waals surface area (Å²) in [4.78, 5) is 14.8. The number of hydrogen-bond acceptors (Lipinski definition) is 6. The van der Waals surface area contributed by atoms with Gasteiger partial charge in [0.05, 0.1) is 17.6 Å². The smallest absolute Gasteiger partial charge is 0.339 e.